The first-order valence-corrected chi connectivity index (χ1v) is 6.40. The first kappa shape index (κ1) is 15.1. The first-order valence-electron chi connectivity index (χ1n) is 6.02. The van der Waals surface area contributed by atoms with Gasteiger partial charge in [-0.3, -0.25) is 0 Å². The van der Waals surface area contributed by atoms with Gasteiger partial charge in [-0.2, -0.15) is 4.98 Å². The number of hydrogen-bond donors (Lipinski definition) is 0. The molecule has 21 heavy (non-hydrogen) atoms. The Morgan fingerprint density at radius 3 is 2.52 bits per heavy atom. The van der Waals surface area contributed by atoms with Crippen molar-refractivity contribution in [1.29, 1.82) is 0 Å². The SMILES string of the molecule is COC(=O)c1nc(Cl)nc(OCc2ccccc2)c1OC. The van der Waals surface area contributed by atoms with Gasteiger partial charge in [0, 0.05) is 0 Å². The summed E-state index contributed by atoms with van der Waals surface area (Å²) in [5, 5.41) is -0.126. The fraction of sp³-hybridized carbons (Fsp3) is 0.214. The van der Waals surface area contributed by atoms with Crippen molar-refractivity contribution in [1.82, 2.24) is 9.97 Å². The third-order valence-corrected chi connectivity index (χ3v) is 2.78. The molecule has 0 aliphatic heterocycles. The van der Waals surface area contributed by atoms with E-state index in [4.69, 9.17) is 21.1 Å². The smallest absolute Gasteiger partial charge is 0.360 e. The molecule has 0 aliphatic carbocycles. The molecule has 0 saturated carbocycles. The molecule has 0 fully saturated rings. The number of rotatable bonds is 5. The lowest BCUT2D eigenvalue weighted by Crippen LogP contribution is -2.10. The number of aromatic nitrogens is 2. The lowest BCUT2D eigenvalue weighted by Gasteiger charge is -2.12. The topological polar surface area (TPSA) is 70.5 Å². The highest BCUT2D eigenvalue weighted by Crippen LogP contribution is 2.30. The maximum absolute atomic E-state index is 11.7. The largest absolute Gasteiger partial charge is 0.489 e. The van der Waals surface area contributed by atoms with Crippen LogP contribution in [0, 0.1) is 0 Å². The Morgan fingerprint density at radius 2 is 1.90 bits per heavy atom. The predicted molar refractivity (Wildman–Crippen MR) is 75.7 cm³/mol. The highest BCUT2D eigenvalue weighted by Gasteiger charge is 2.22. The van der Waals surface area contributed by atoms with E-state index in [-0.39, 0.29) is 29.2 Å². The Balaban J connectivity index is 2.30. The molecule has 0 radical (unpaired) electrons. The van der Waals surface area contributed by atoms with E-state index in [1.165, 1.54) is 14.2 Å². The summed E-state index contributed by atoms with van der Waals surface area (Å²) in [6.07, 6.45) is 0. The van der Waals surface area contributed by atoms with E-state index in [1.54, 1.807) is 0 Å². The summed E-state index contributed by atoms with van der Waals surface area (Å²) in [6, 6.07) is 9.49. The lowest BCUT2D eigenvalue weighted by molar-refractivity contribution is 0.0588. The van der Waals surface area contributed by atoms with E-state index < -0.39 is 5.97 Å². The average Bonchev–Trinajstić information content (AvgIpc) is 2.52. The molecule has 6 nitrogen and oxygen atoms in total. The van der Waals surface area contributed by atoms with Gasteiger partial charge < -0.3 is 14.2 Å². The Labute approximate surface area is 126 Å². The standard InChI is InChI=1S/C14H13ClN2O4/c1-19-11-10(13(18)20-2)16-14(15)17-12(11)21-8-9-6-4-3-5-7-9/h3-7H,8H2,1-2H3. The van der Waals surface area contributed by atoms with Crippen LogP contribution < -0.4 is 9.47 Å². The molecular formula is C14H13ClN2O4. The van der Waals surface area contributed by atoms with Gasteiger partial charge in [0.25, 0.3) is 5.88 Å². The molecule has 0 bridgehead atoms. The van der Waals surface area contributed by atoms with Gasteiger partial charge in [0.05, 0.1) is 14.2 Å². The van der Waals surface area contributed by atoms with Crippen LogP contribution in [-0.2, 0) is 11.3 Å². The fourth-order valence-corrected chi connectivity index (χ4v) is 1.81. The molecule has 110 valence electrons. The number of carbonyl (C=O) groups is 1. The molecule has 1 heterocycles. The molecule has 0 aliphatic rings. The zero-order valence-corrected chi connectivity index (χ0v) is 12.3. The maximum atomic E-state index is 11.7. The molecule has 7 heteroatoms. The van der Waals surface area contributed by atoms with E-state index in [9.17, 15) is 4.79 Å². The molecule has 1 aromatic carbocycles. The zero-order chi connectivity index (χ0) is 15.2. The van der Waals surface area contributed by atoms with Crippen molar-refractivity contribution in [2.45, 2.75) is 6.61 Å². The Kier molecular flexibility index (Phi) is 4.94. The molecule has 1 aromatic heterocycles. The van der Waals surface area contributed by atoms with Crippen molar-refractivity contribution in [3.05, 3.63) is 46.9 Å². The van der Waals surface area contributed by atoms with Gasteiger partial charge in [0.1, 0.15) is 6.61 Å². The van der Waals surface area contributed by atoms with Gasteiger partial charge >= 0.3 is 5.97 Å². The molecule has 0 saturated heterocycles. The number of esters is 1. The van der Waals surface area contributed by atoms with Crippen LogP contribution in [0.25, 0.3) is 0 Å². The Morgan fingerprint density at radius 1 is 1.19 bits per heavy atom. The minimum absolute atomic E-state index is 0.0805. The monoisotopic (exact) mass is 308 g/mol. The molecule has 0 N–H and O–H groups in total. The number of carbonyl (C=O) groups excluding carboxylic acids is 1. The van der Waals surface area contributed by atoms with Crippen molar-refractivity contribution in [2.75, 3.05) is 14.2 Å². The molecule has 0 spiro atoms. The normalized spacial score (nSPS) is 10.0. The van der Waals surface area contributed by atoms with Crippen molar-refractivity contribution in [3.63, 3.8) is 0 Å². The molecule has 0 unspecified atom stereocenters. The van der Waals surface area contributed by atoms with Crippen LogP contribution in [0.5, 0.6) is 11.6 Å². The highest BCUT2D eigenvalue weighted by atomic mass is 35.5. The third-order valence-electron chi connectivity index (χ3n) is 2.61. The summed E-state index contributed by atoms with van der Waals surface area (Å²) in [4.78, 5) is 19.4. The number of halogens is 1. The third kappa shape index (κ3) is 3.61. The second-order valence-electron chi connectivity index (χ2n) is 3.95. The van der Waals surface area contributed by atoms with Gasteiger partial charge in [-0.25, -0.2) is 9.78 Å². The molecule has 2 rings (SSSR count). The van der Waals surface area contributed by atoms with Gasteiger partial charge in [-0.15, -0.1) is 0 Å². The maximum Gasteiger partial charge on any atom is 0.360 e. The van der Waals surface area contributed by atoms with Crippen LogP contribution in [-0.4, -0.2) is 30.2 Å². The molecule has 0 atom stereocenters. The number of ether oxygens (including phenoxy) is 3. The van der Waals surface area contributed by atoms with Crippen molar-refractivity contribution < 1.29 is 19.0 Å². The Hall–Kier alpha value is -2.34. The van der Waals surface area contributed by atoms with Gasteiger partial charge in [0.2, 0.25) is 11.0 Å². The van der Waals surface area contributed by atoms with E-state index in [0.29, 0.717) is 0 Å². The van der Waals surface area contributed by atoms with Crippen LogP contribution in [0.4, 0.5) is 0 Å². The van der Waals surface area contributed by atoms with Crippen LogP contribution in [0.2, 0.25) is 5.28 Å². The van der Waals surface area contributed by atoms with Crippen LogP contribution in [0.1, 0.15) is 16.1 Å². The minimum Gasteiger partial charge on any atom is -0.489 e. The van der Waals surface area contributed by atoms with E-state index >= 15 is 0 Å². The van der Waals surface area contributed by atoms with Gasteiger partial charge in [-0.05, 0) is 17.2 Å². The first-order chi connectivity index (χ1) is 10.2. The van der Waals surface area contributed by atoms with Gasteiger partial charge in [-0.1, -0.05) is 30.3 Å². The summed E-state index contributed by atoms with van der Waals surface area (Å²) < 4.78 is 15.3. The summed E-state index contributed by atoms with van der Waals surface area (Å²) in [5.41, 5.74) is 0.858. The number of benzene rings is 1. The van der Waals surface area contributed by atoms with E-state index in [2.05, 4.69) is 14.7 Å². The number of hydrogen-bond acceptors (Lipinski definition) is 6. The summed E-state index contributed by atoms with van der Waals surface area (Å²) in [7, 11) is 2.62. The second-order valence-corrected chi connectivity index (χ2v) is 4.28. The summed E-state index contributed by atoms with van der Waals surface area (Å²) in [6.45, 7) is 0.255. The second kappa shape index (κ2) is 6.90. The highest BCUT2D eigenvalue weighted by molar-refractivity contribution is 6.28. The predicted octanol–water partition coefficient (Wildman–Crippen LogP) is 2.50. The van der Waals surface area contributed by atoms with Crippen LogP contribution in [0.15, 0.2) is 30.3 Å². The number of methoxy groups -OCH3 is 2. The molecular weight excluding hydrogens is 296 g/mol. The summed E-state index contributed by atoms with van der Waals surface area (Å²) in [5.74, 6) is -0.510. The van der Waals surface area contributed by atoms with E-state index in [0.717, 1.165) is 5.56 Å². The average molecular weight is 309 g/mol. The fourth-order valence-electron chi connectivity index (χ4n) is 1.65. The van der Waals surface area contributed by atoms with Gasteiger partial charge in [0.15, 0.2) is 5.69 Å². The molecule has 0 amide bonds. The van der Waals surface area contributed by atoms with Crippen molar-refractivity contribution in [2.24, 2.45) is 0 Å². The van der Waals surface area contributed by atoms with E-state index in [1.807, 2.05) is 30.3 Å². The van der Waals surface area contributed by atoms with Crippen LogP contribution in [0.3, 0.4) is 0 Å². The summed E-state index contributed by atoms with van der Waals surface area (Å²) >= 11 is 5.80. The zero-order valence-electron chi connectivity index (χ0n) is 11.5. The Bertz CT molecular complexity index is 634. The van der Waals surface area contributed by atoms with Crippen molar-refractivity contribution >= 4 is 17.6 Å². The minimum atomic E-state index is -0.680. The van der Waals surface area contributed by atoms with Crippen molar-refractivity contribution in [3.8, 4) is 11.6 Å². The quantitative estimate of drug-likeness (QED) is 0.624. The lowest BCUT2D eigenvalue weighted by atomic mass is 10.2. The van der Waals surface area contributed by atoms with Crippen LogP contribution >= 0.6 is 11.6 Å². The number of nitrogens with zero attached hydrogens (tertiary/aromatic N) is 2. The molecule has 2 aromatic rings.